The van der Waals surface area contributed by atoms with E-state index in [0.29, 0.717) is 0 Å². The lowest BCUT2D eigenvalue weighted by Crippen LogP contribution is -2.08. The molecule has 0 saturated carbocycles. The zero-order chi connectivity index (χ0) is 13.8. The van der Waals surface area contributed by atoms with Gasteiger partial charge in [0, 0.05) is 4.90 Å². The minimum Gasteiger partial charge on any atom is -0.293 e. The highest BCUT2D eigenvalue weighted by Gasteiger charge is 2.17. The predicted molar refractivity (Wildman–Crippen MR) is 67.8 cm³/mol. The van der Waals surface area contributed by atoms with Gasteiger partial charge >= 0.3 is 0 Å². The van der Waals surface area contributed by atoms with E-state index >= 15 is 0 Å². The van der Waals surface area contributed by atoms with Crippen molar-refractivity contribution in [3.05, 3.63) is 65.5 Å². The minimum absolute atomic E-state index is 0.223. The van der Waals surface area contributed by atoms with Crippen LogP contribution < -0.4 is 0 Å². The summed E-state index contributed by atoms with van der Waals surface area (Å²) < 4.78 is 40.0. The second-order valence-corrected chi connectivity index (χ2v) is 4.76. The lowest BCUT2D eigenvalue weighted by Gasteiger charge is -2.04. The van der Waals surface area contributed by atoms with E-state index in [0.717, 1.165) is 23.9 Å². The largest absolute Gasteiger partial charge is 0.293 e. The van der Waals surface area contributed by atoms with E-state index in [1.807, 2.05) is 0 Å². The summed E-state index contributed by atoms with van der Waals surface area (Å²) >= 11 is 0.910. The fraction of sp³-hybridized carbons (Fsp3) is 0.0714. The van der Waals surface area contributed by atoms with Gasteiger partial charge in [-0.2, -0.15) is 0 Å². The van der Waals surface area contributed by atoms with Crippen molar-refractivity contribution in [3.63, 3.8) is 0 Å². The summed E-state index contributed by atoms with van der Waals surface area (Å²) in [5, 5.41) is 0. The standard InChI is InChI=1S/C14H9F3OS/c15-9-4-1-2-7-13(9)19-8-12(18)14-10(16)5-3-6-11(14)17/h1-7H,8H2. The monoisotopic (exact) mass is 282 g/mol. The van der Waals surface area contributed by atoms with Crippen LogP contribution in [0, 0.1) is 17.5 Å². The topological polar surface area (TPSA) is 17.1 Å². The van der Waals surface area contributed by atoms with Gasteiger partial charge in [-0.15, -0.1) is 11.8 Å². The number of hydrogen-bond donors (Lipinski definition) is 0. The summed E-state index contributed by atoms with van der Waals surface area (Å²) in [5.74, 6) is -3.20. The molecule has 1 nitrogen and oxygen atoms in total. The summed E-state index contributed by atoms with van der Waals surface area (Å²) in [4.78, 5) is 12.0. The van der Waals surface area contributed by atoms with Crippen LogP contribution in [0.3, 0.4) is 0 Å². The molecule has 0 bridgehead atoms. The average molecular weight is 282 g/mol. The van der Waals surface area contributed by atoms with Gasteiger partial charge in [0.2, 0.25) is 0 Å². The van der Waals surface area contributed by atoms with Crippen LogP contribution in [0.25, 0.3) is 0 Å². The van der Waals surface area contributed by atoms with E-state index in [4.69, 9.17) is 0 Å². The SMILES string of the molecule is O=C(CSc1ccccc1F)c1c(F)cccc1F. The lowest BCUT2D eigenvalue weighted by molar-refractivity contribution is 0.101. The zero-order valence-electron chi connectivity index (χ0n) is 9.70. The van der Waals surface area contributed by atoms with Crippen LogP contribution in [-0.4, -0.2) is 11.5 Å². The number of Topliss-reactive ketones (excluding diaryl/α,β-unsaturated/α-hetero) is 1. The fourth-order valence-electron chi connectivity index (χ4n) is 1.54. The molecule has 0 heterocycles. The van der Waals surface area contributed by atoms with Crippen molar-refractivity contribution < 1.29 is 18.0 Å². The molecular weight excluding hydrogens is 273 g/mol. The first kappa shape index (κ1) is 13.7. The number of ketones is 1. The van der Waals surface area contributed by atoms with Crippen LogP contribution in [0.1, 0.15) is 10.4 Å². The third-order valence-corrected chi connectivity index (χ3v) is 3.49. The van der Waals surface area contributed by atoms with E-state index in [2.05, 4.69) is 0 Å². The number of benzene rings is 2. The average Bonchev–Trinajstić information content (AvgIpc) is 2.37. The number of hydrogen-bond acceptors (Lipinski definition) is 2. The van der Waals surface area contributed by atoms with Crippen molar-refractivity contribution in [1.29, 1.82) is 0 Å². The highest BCUT2D eigenvalue weighted by atomic mass is 32.2. The molecule has 0 aromatic heterocycles. The maximum Gasteiger partial charge on any atom is 0.178 e. The molecule has 0 aliphatic carbocycles. The van der Waals surface area contributed by atoms with Crippen LogP contribution in [0.15, 0.2) is 47.4 Å². The Bertz CT molecular complexity index is 593. The van der Waals surface area contributed by atoms with Crippen molar-refractivity contribution in [2.75, 3.05) is 5.75 Å². The van der Waals surface area contributed by atoms with Crippen LogP contribution >= 0.6 is 11.8 Å². The summed E-state index contributed by atoms with van der Waals surface area (Å²) in [6.07, 6.45) is 0. The van der Waals surface area contributed by atoms with Crippen LogP contribution in [0.2, 0.25) is 0 Å². The molecule has 2 aromatic rings. The summed E-state index contributed by atoms with van der Waals surface area (Å²) in [6.45, 7) is 0. The van der Waals surface area contributed by atoms with Gasteiger partial charge in [-0.05, 0) is 24.3 Å². The molecule has 0 saturated heterocycles. The number of carbonyl (C=O) groups excluding carboxylic acids is 1. The van der Waals surface area contributed by atoms with Gasteiger partial charge in [0.15, 0.2) is 5.78 Å². The molecule has 0 atom stereocenters. The highest BCUT2D eigenvalue weighted by Crippen LogP contribution is 2.23. The summed E-state index contributed by atoms with van der Waals surface area (Å²) in [7, 11) is 0. The molecule has 0 fully saturated rings. The Morgan fingerprint density at radius 3 is 2.11 bits per heavy atom. The molecule has 5 heteroatoms. The van der Waals surface area contributed by atoms with Gasteiger partial charge in [0.05, 0.1) is 11.3 Å². The number of carbonyl (C=O) groups is 1. The molecule has 2 aromatic carbocycles. The number of rotatable bonds is 4. The first-order chi connectivity index (χ1) is 9.09. The number of halogens is 3. The highest BCUT2D eigenvalue weighted by molar-refractivity contribution is 8.00. The predicted octanol–water partition coefficient (Wildman–Crippen LogP) is 4.08. The Balaban J connectivity index is 2.13. The fourth-order valence-corrected chi connectivity index (χ4v) is 2.35. The molecular formula is C14H9F3OS. The summed E-state index contributed by atoms with van der Waals surface area (Å²) in [5.41, 5.74) is -0.577. The van der Waals surface area contributed by atoms with Gasteiger partial charge in [-0.3, -0.25) is 4.79 Å². The zero-order valence-corrected chi connectivity index (χ0v) is 10.5. The third kappa shape index (κ3) is 3.17. The molecule has 0 N–H and O–H groups in total. The van der Waals surface area contributed by atoms with Crippen molar-refractivity contribution in [2.24, 2.45) is 0 Å². The van der Waals surface area contributed by atoms with Crippen LogP contribution in [0.4, 0.5) is 13.2 Å². The van der Waals surface area contributed by atoms with Crippen molar-refractivity contribution in [1.82, 2.24) is 0 Å². The van der Waals surface area contributed by atoms with Crippen LogP contribution in [-0.2, 0) is 0 Å². The van der Waals surface area contributed by atoms with Gasteiger partial charge in [-0.1, -0.05) is 18.2 Å². The molecule has 0 unspecified atom stereocenters. The Morgan fingerprint density at radius 1 is 0.895 bits per heavy atom. The smallest absolute Gasteiger partial charge is 0.178 e. The van der Waals surface area contributed by atoms with Crippen LogP contribution in [0.5, 0.6) is 0 Å². The van der Waals surface area contributed by atoms with E-state index in [-0.39, 0.29) is 10.6 Å². The molecule has 0 amide bonds. The normalized spacial score (nSPS) is 10.5. The Kier molecular flexibility index (Phi) is 4.27. The van der Waals surface area contributed by atoms with E-state index < -0.39 is 28.8 Å². The molecule has 2 rings (SSSR count). The van der Waals surface area contributed by atoms with Crippen molar-refractivity contribution in [2.45, 2.75) is 4.90 Å². The number of thioether (sulfide) groups is 1. The first-order valence-corrected chi connectivity index (χ1v) is 6.42. The Labute approximate surface area is 112 Å². The molecule has 0 spiro atoms. The van der Waals surface area contributed by atoms with Crippen molar-refractivity contribution >= 4 is 17.5 Å². The Morgan fingerprint density at radius 2 is 1.47 bits per heavy atom. The van der Waals surface area contributed by atoms with E-state index in [1.165, 1.54) is 24.3 Å². The maximum absolute atomic E-state index is 13.4. The molecule has 98 valence electrons. The first-order valence-electron chi connectivity index (χ1n) is 5.44. The molecule has 19 heavy (non-hydrogen) atoms. The summed E-state index contributed by atoms with van der Waals surface area (Å²) in [6, 6.07) is 9.14. The lowest BCUT2D eigenvalue weighted by atomic mass is 10.1. The van der Waals surface area contributed by atoms with Gasteiger partial charge in [0.25, 0.3) is 0 Å². The van der Waals surface area contributed by atoms with Gasteiger partial charge < -0.3 is 0 Å². The van der Waals surface area contributed by atoms with Crippen molar-refractivity contribution in [3.8, 4) is 0 Å². The second kappa shape index (κ2) is 5.93. The minimum atomic E-state index is -0.904. The molecule has 0 aliphatic heterocycles. The third-order valence-electron chi connectivity index (χ3n) is 2.44. The Hall–Kier alpha value is -1.75. The van der Waals surface area contributed by atoms with Gasteiger partial charge in [-0.25, -0.2) is 13.2 Å². The van der Waals surface area contributed by atoms with Gasteiger partial charge in [0.1, 0.15) is 17.5 Å². The second-order valence-electron chi connectivity index (χ2n) is 3.74. The van der Waals surface area contributed by atoms with E-state index in [1.54, 1.807) is 6.07 Å². The quantitative estimate of drug-likeness (QED) is 0.621. The van der Waals surface area contributed by atoms with E-state index in [9.17, 15) is 18.0 Å². The molecule has 0 aliphatic rings. The maximum atomic E-state index is 13.4. The molecule has 0 radical (unpaired) electrons.